The van der Waals surface area contributed by atoms with Gasteiger partial charge >= 0.3 is 12.0 Å². The first-order valence-corrected chi connectivity index (χ1v) is 9.32. The average Bonchev–Trinajstić information content (AvgIpc) is 2.57. The van der Waals surface area contributed by atoms with Gasteiger partial charge in [0.25, 0.3) is 0 Å². The van der Waals surface area contributed by atoms with Crippen LogP contribution in [-0.2, 0) is 9.53 Å². The van der Waals surface area contributed by atoms with Gasteiger partial charge in [0.05, 0.1) is 6.61 Å². The maximum absolute atomic E-state index is 13.0. The summed E-state index contributed by atoms with van der Waals surface area (Å²) in [6.45, 7) is 2.19. The van der Waals surface area contributed by atoms with E-state index in [0.717, 1.165) is 25.7 Å². The minimum absolute atomic E-state index is 0.0110. The van der Waals surface area contributed by atoms with Gasteiger partial charge in [0.1, 0.15) is 6.54 Å². The molecular weight excluding hydrogens is 292 g/mol. The molecule has 23 heavy (non-hydrogen) atoms. The van der Waals surface area contributed by atoms with E-state index in [9.17, 15) is 9.59 Å². The fourth-order valence-electron chi connectivity index (χ4n) is 3.99. The number of nitrogens with zero attached hydrogens (tertiary/aromatic N) is 2. The molecule has 2 aliphatic carbocycles. The number of carbonyl (C=O) groups is 2. The predicted molar refractivity (Wildman–Crippen MR) is 90.2 cm³/mol. The van der Waals surface area contributed by atoms with Crippen molar-refractivity contribution in [1.29, 1.82) is 0 Å². The highest BCUT2D eigenvalue weighted by Crippen LogP contribution is 2.30. The van der Waals surface area contributed by atoms with E-state index in [4.69, 9.17) is 4.74 Å². The van der Waals surface area contributed by atoms with Crippen LogP contribution in [0.15, 0.2) is 0 Å². The molecule has 0 saturated heterocycles. The number of esters is 1. The molecular formula is C18H32N2O3. The number of ether oxygens (including phenoxy) is 1. The van der Waals surface area contributed by atoms with Crippen molar-refractivity contribution in [1.82, 2.24) is 9.80 Å². The fraction of sp³-hybridized carbons (Fsp3) is 0.889. The van der Waals surface area contributed by atoms with Gasteiger partial charge in [-0.1, -0.05) is 38.5 Å². The van der Waals surface area contributed by atoms with Crippen LogP contribution >= 0.6 is 0 Å². The second kappa shape index (κ2) is 9.14. The van der Waals surface area contributed by atoms with Crippen LogP contribution in [0.2, 0.25) is 0 Å². The number of amides is 2. The number of carbonyl (C=O) groups excluding carboxylic acids is 2. The molecule has 0 bridgehead atoms. The van der Waals surface area contributed by atoms with E-state index in [-0.39, 0.29) is 18.5 Å². The Bertz CT molecular complexity index is 370. The lowest BCUT2D eigenvalue weighted by molar-refractivity contribution is -0.143. The summed E-state index contributed by atoms with van der Waals surface area (Å²) in [6, 6.07) is 0.713. The van der Waals surface area contributed by atoms with Crippen molar-refractivity contribution in [2.24, 2.45) is 0 Å². The zero-order valence-corrected chi connectivity index (χ0v) is 14.8. The molecule has 0 aliphatic heterocycles. The van der Waals surface area contributed by atoms with Crippen LogP contribution in [0.4, 0.5) is 4.79 Å². The maximum atomic E-state index is 13.0. The van der Waals surface area contributed by atoms with Crippen LogP contribution in [0.3, 0.4) is 0 Å². The van der Waals surface area contributed by atoms with Crippen LogP contribution in [0.25, 0.3) is 0 Å². The van der Waals surface area contributed by atoms with E-state index < -0.39 is 0 Å². The Kier molecular flexibility index (Phi) is 7.18. The lowest BCUT2D eigenvalue weighted by atomic mass is 9.89. The molecule has 0 aromatic rings. The van der Waals surface area contributed by atoms with Gasteiger partial charge in [-0.25, -0.2) is 4.79 Å². The van der Waals surface area contributed by atoms with E-state index in [1.54, 1.807) is 18.9 Å². The van der Waals surface area contributed by atoms with Gasteiger partial charge in [-0.3, -0.25) is 4.79 Å². The molecule has 0 radical (unpaired) electrons. The molecule has 5 nitrogen and oxygen atoms in total. The van der Waals surface area contributed by atoms with Crippen LogP contribution in [0.1, 0.15) is 71.1 Å². The second-order valence-electron chi connectivity index (χ2n) is 6.93. The third-order valence-electron chi connectivity index (χ3n) is 5.16. The molecule has 0 N–H and O–H groups in total. The molecule has 5 heteroatoms. The van der Waals surface area contributed by atoms with Crippen molar-refractivity contribution in [2.45, 2.75) is 83.2 Å². The van der Waals surface area contributed by atoms with Crippen LogP contribution < -0.4 is 0 Å². The summed E-state index contributed by atoms with van der Waals surface area (Å²) in [4.78, 5) is 28.4. The first kappa shape index (κ1) is 18.1. The van der Waals surface area contributed by atoms with Gasteiger partial charge in [0, 0.05) is 19.1 Å². The summed E-state index contributed by atoms with van der Waals surface area (Å²) < 4.78 is 4.98. The molecule has 2 saturated carbocycles. The second-order valence-corrected chi connectivity index (χ2v) is 6.93. The Labute approximate surface area is 140 Å². The highest BCUT2D eigenvalue weighted by atomic mass is 16.5. The van der Waals surface area contributed by atoms with Gasteiger partial charge in [-0.2, -0.15) is 0 Å². The largest absolute Gasteiger partial charge is 0.465 e. The topological polar surface area (TPSA) is 49.9 Å². The van der Waals surface area contributed by atoms with Crippen molar-refractivity contribution in [3.05, 3.63) is 0 Å². The minimum atomic E-state index is -0.324. The Balaban J connectivity index is 2.04. The van der Waals surface area contributed by atoms with Crippen LogP contribution in [-0.4, -0.2) is 54.1 Å². The molecule has 0 atom stereocenters. The van der Waals surface area contributed by atoms with Crippen molar-refractivity contribution < 1.29 is 14.3 Å². The molecule has 0 aromatic heterocycles. The molecule has 2 aliphatic rings. The summed E-state index contributed by atoms with van der Waals surface area (Å²) in [5.41, 5.74) is 0. The smallest absolute Gasteiger partial charge is 0.325 e. The molecule has 0 spiro atoms. The van der Waals surface area contributed by atoms with E-state index in [2.05, 4.69) is 4.90 Å². The Morgan fingerprint density at radius 2 is 1.39 bits per heavy atom. The first-order valence-electron chi connectivity index (χ1n) is 9.32. The quantitative estimate of drug-likeness (QED) is 0.726. The molecule has 2 fully saturated rings. The van der Waals surface area contributed by atoms with E-state index in [1.807, 2.05) is 0 Å². The van der Waals surface area contributed by atoms with Crippen molar-refractivity contribution in [2.75, 3.05) is 20.2 Å². The number of likely N-dealkylation sites (N-methyl/N-ethyl adjacent to an activating group) is 1. The molecule has 0 unspecified atom stereocenters. The number of hydrogen-bond acceptors (Lipinski definition) is 3. The first-order chi connectivity index (χ1) is 11.1. The van der Waals surface area contributed by atoms with Gasteiger partial charge in [-0.05, 0) is 32.6 Å². The zero-order valence-electron chi connectivity index (χ0n) is 14.8. The van der Waals surface area contributed by atoms with Crippen molar-refractivity contribution >= 4 is 12.0 Å². The van der Waals surface area contributed by atoms with E-state index in [0.29, 0.717) is 18.7 Å². The Morgan fingerprint density at radius 1 is 0.913 bits per heavy atom. The summed E-state index contributed by atoms with van der Waals surface area (Å²) in [5, 5.41) is 0. The van der Waals surface area contributed by atoms with Gasteiger partial charge in [-0.15, -0.1) is 0 Å². The van der Waals surface area contributed by atoms with E-state index in [1.165, 1.54) is 38.5 Å². The summed E-state index contributed by atoms with van der Waals surface area (Å²) in [6.07, 6.45) is 11.8. The highest BCUT2D eigenvalue weighted by molar-refractivity contribution is 5.81. The fourth-order valence-corrected chi connectivity index (χ4v) is 3.99. The van der Waals surface area contributed by atoms with Gasteiger partial charge in [0.2, 0.25) is 0 Å². The predicted octanol–water partition coefficient (Wildman–Crippen LogP) is 3.57. The number of urea groups is 1. The maximum Gasteiger partial charge on any atom is 0.325 e. The van der Waals surface area contributed by atoms with Crippen molar-refractivity contribution in [3.8, 4) is 0 Å². The Morgan fingerprint density at radius 3 is 1.83 bits per heavy atom. The molecule has 2 rings (SSSR count). The highest BCUT2D eigenvalue weighted by Gasteiger charge is 2.34. The zero-order chi connectivity index (χ0) is 16.7. The van der Waals surface area contributed by atoms with Gasteiger partial charge < -0.3 is 14.5 Å². The summed E-state index contributed by atoms with van der Waals surface area (Å²) >= 11 is 0. The SMILES string of the molecule is CCOC(=O)CN(C)C(=O)N(C1CCCCC1)C1CCCCC1. The molecule has 132 valence electrons. The third kappa shape index (κ3) is 5.11. The van der Waals surface area contributed by atoms with Crippen LogP contribution in [0, 0.1) is 0 Å². The normalized spacial score (nSPS) is 20.1. The molecule has 0 aromatic carbocycles. The standard InChI is InChI=1S/C18H32N2O3/c1-3-23-17(21)14-19(2)18(22)20(15-10-6-4-7-11-15)16-12-8-5-9-13-16/h15-16H,3-14H2,1-2H3. The van der Waals surface area contributed by atoms with E-state index >= 15 is 0 Å². The molecule has 0 heterocycles. The number of rotatable bonds is 5. The summed E-state index contributed by atoms with van der Waals surface area (Å²) in [5.74, 6) is -0.324. The Hall–Kier alpha value is -1.26. The monoisotopic (exact) mass is 324 g/mol. The van der Waals surface area contributed by atoms with Crippen molar-refractivity contribution in [3.63, 3.8) is 0 Å². The summed E-state index contributed by atoms with van der Waals surface area (Å²) in [7, 11) is 1.72. The third-order valence-corrected chi connectivity index (χ3v) is 5.16. The minimum Gasteiger partial charge on any atom is -0.465 e. The lowest BCUT2D eigenvalue weighted by Gasteiger charge is -2.43. The lowest BCUT2D eigenvalue weighted by Crippen LogP contribution is -2.54. The molecule has 2 amide bonds. The van der Waals surface area contributed by atoms with Gasteiger partial charge in [0.15, 0.2) is 0 Å². The average molecular weight is 324 g/mol. The number of hydrogen-bond donors (Lipinski definition) is 0. The van der Waals surface area contributed by atoms with Crippen LogP contribution in [0.5, 0.6) is 0 Å².